The van der Waals surface area contributed by atoms with Crippen LogP contribution in [0.2, 0.25) is 0 Å². The average Bonchev–Trinajstić information content (AvgIpc) is 3.43. The van der Waals surface area contributed by atoms with Crippen molar-refractivity contribution < 1.29 is 4.74 Å². The van der Waals surface area contributed by atoms with Crippen LogP contribution in [0.5, 0.6) is 0 Å². The van der Waals surface area contributed by atoms with E-state index in [4.69, 9.17) is 9.73 Å². The molecule has 0 spiro atoms. The van der Waals surface area contributed by atoms with Crippen molar-refractivity contribution in [1.29, 1.82) is 0 Å². The number of halogens is 1. The first-order chi connectivity index (χ1) is 14.2. The molecule has 0 aromatic carbocycles. The molecule has 2 saturated heterocycles. The van der Waals surface area contributed by atoms with Crippen LogP contribution in [-0.2, 0) is 4.74 Å². The lowest BCUT2D eigenvalue weighted by atomic mass is 10.0. The number of nitrogens with one attached hydrogen (secondary N) is 2. The van der Waals surface area contributed by atoms with Crippen LogP contribution in [-0.4, -0.2) is 80.8 Å². The Kier molecular flexibility index (Phi) is 12.0. The molecular weight excluding hydrogens is 509 g/mol. The summed E-state index contributed by atoms with van der Waals surface area (Å²) in [5.41, 5.74) is 0. The Morgan fingerprint density at radius 3 is 2.47 bits per heavy atom. The first-order valence-corrected chi connectivity index (χ1v) is 12.2. The second-order valence-electron chi connectivity index (χ2n) is 8.33. The van der Waals surface area contributed by atoms with Gasteiger partial charge in [-0.15, -0.1) is 35.3 Å². The van der Waals surface area contributed by atoms with Crippen LogP contribution in [0.15, 0.2) is 22.5 Å². The number of ether oxygens (including phenoxy) is 1. The minimum atomic E-state index is 0. The van der Waals surface area contributed by atoms with Gasteiger partial charge in [-0.3, -0.25) is 14.8 Å². The van der Waals surface area contributed by atoms with Gasteiger partial charge in [0.2, 0.25) is 0 Å². The average molecular weight is 550 g/mol. The van der Waals surface area contributed by atoms with E-state index in [1.165, 1.54) is 30.8 Å². The van der Waals surface area contributed by atoms with Gasteiger partial charge in [0.25, 0.3) is 0 Å². The third-order valence-electron chi connectivity index (χ3n) is 5.98. The van der Waals surface area contributed by atoms with Gasteiger partial charge >= 0.3 is 0 Å². The number of guanidine groups is 1. The van der Waals surface area contributed by atoms with E-state index in [0.29, 0.717) is 18.0 Å². The molecule has 0 bridgehead atoms. The van der Waals surface area contributed by atoms with Gasteiger partial charge in [-0.05, 0) is 50.2 Å². The lowest BCUT2D eigenvalue weighted by Crippen LogP contribution is -2.48. The molecule has 2 fully saturated rings. The summed E-state index contributed by atoms with van der Waals surface area (Å²) in [6.07, 6.45) is 2.62. The summed E-state index contributed by atoms with van der Waals surface area (Å²) in [5.74, 6) is 1.51. The van der Waals surface area contributed by atoms with Crippen molar-refractivity contribution in [3.63, 3.8) is 0 Å². The van der Waals surface area contributed by atoms with Crippen LogP contribution in [0.3, 0.4) is 0 Å². The zero-order chi connectivity index (χ0) is 20.5. The Hall–Kier alpha value is -0.420. The van der Waals surface area contributed by atoms with Crippen LogP contribution in [0.4, 0.5) is 0 Å². The lowest BCUT2D eigenvalue weighted by molar-refractivity contribution is 0.00867. The van der Waals surface area contributed by atoms with Crippen molar-refractivity contribution in [3.8, 4) is 0 Å². The van der Waals surface area contributed by atoms with Crippen LogP contribution < -0.4 is 10.6 Å². The molecule has 2 unspecified atom stereocenters. The van der Waals surface area contributed by atoms with E-state index in [2.05, 4.69) is 58.7 Å². The predicted octanol–water partition coefficient (Wildman–Crippen LogP) is 3.41. The fourth-order valence-electron chi connectivity index (χ4n) is 4.32. The van der Waals surface area contributed by atoms with E-state index in [9.17, 15) is 0 Å². The molecule has 2 atom stereocenters. The second kappa shape index (κ2) is 13.9. The fourth-order valence-corrected chi connectivity index (χ4v) is 5.18. The SMILES string of the molecule is CCNC(=NCC(C(C)C)N1CCOCC1)NCC(c1cccs1)N1CCCC1.I. The Balaban J connectivity index is 0.00000320. The molecule has 1 aromatic rings. The van der Waals surface area contributed by atoms with Crippen molar-refractivity contribution in [1.82, 2.24) is 20.4 Å². The molecule has 0 aliphatic carbocycles. The van der Waals surface area contributed by atoms with E-state index in [1.807, 2.05) is 11.3 Å². The molecule has 172 valence electrons. The number of thiophene rings is 1. The van der Waals surface area contributed by atoms with Crippen molar-refractivity contribution >= 4 is 41.3 Å². The summed E-state index contributed by atoms with van der Waals surface area (Å²) < 4.78 is 5.54. The van der Waals surface area contributed by atoms with Crippen molar-refractivity contribution in [2.75, 3.05) is 59.0 Å². The lowest BCUT2D eigenvalue weighted by Gasteiger charge is -2.36. The van der Waals surface area contributed by atoms with Gasteiger partial charge in [0.1, 0.15) is 0 Å². The maximum atomic E-state index is 5.54. The van der Waals surface area contributed by atoms with Gasteiger partial charge in [-0.25, -0.2) is 0 Å². The highest BCUT2D eigenvalue weighted by atomic mass is 127. The summed E-state index contributed by atoms with van der Waals surface area (Å²) in [6, 6.07) is 5.33. The Labute approximate surface area is 203 Å². The summed E-state index contributed by atoms with van der Waals surface area (Å²) in [5, 5.41) is 9.28. The maximum absolute atomic E-state index is 5.54. The molecule has 3 heterocycles. The molecule has 2 aliphatic rings. The number of likely N-dealkylation sites (tertiary alicyclic amines) is 1. The molecular formula is C22H40IN5OS. The van der Waals surface area contributed by atoms with Gasteiger partial charge < -0.3 is 15.4 Å². The zero-order valence-corrected chi connectivity index (χ0v) is 22.0. The largest absolute Gasteiger partial charge is 0.379 e. The Bertz CT molecular complexity index is 601. The number of aliphatic imine (C=N–C) groups is 1. The molecule has 1 aromatic heterocycles. The van der Waals surface area contributed by atoms with E-state index in [-0.39, 0.29) is 24.0 Å². The summed E-state index contributed by atoms with van der Waals surface area (Å²) in [7, 11) is 0. The molecule has 30 heavy (non-hydrogen) atoms. The van der Waals surface area contributed by atoms with Crippen LogP contribution in [0.25, 0.3) is 0 Å². The van der Waals surface area contributed by atoms with Crippen molar-refractivity contribution in [2.24, 2.45) is 10.9 Å². The van der Waals surface area contributed by atoms with Crippen molar-refractivity contribution in [2.45, 2.75) is 45.7 Å². The Morgan fingerprint density at radius 2 is 1.87 bits per heavy atom. The molecule has 0 saturated carbocycles. The minimum absolute atomic E-state index is 0. The van der Waals surface area contributed by atoms with Gasteiger partial charge in [0, 0.05) is 37.1 Å². The molecule has 3 rings (SSSR count). The van der Waals surface area contributed by atoms with Gasteiger partial charge in [-0.2, -0.15) is 0 Å². The van der Waals surface area contributed by atoms with E-state index >= 15 is 0 Å². The second-order valence-corrected chi connectivity index (χ2v) is 9.31. The van der Waals surface area contributed by atoms with Crippen molar-refractivity contribution in [3.05, 3.63) is 22.4 Å². The predicted molar refractivity (Wildman–Crippen MR) is 138 cm³/mol. The minimum Gasteiger partial charge on any atom is -0.379 e. The Morgan fingerprint density at radius 1 is 1.13 bits per heavy atom. The third kappa shape index (κ3) is 7.62. The van der Waals surface area contributed by atoms with Gasteiger partial charge in [0.15, 0.2) is 5.96 Å². The fraction of sp³-hybridized carbons (Fsp3) is 0.773. The summed E-state index contributed by atoms with van der Waals surface area (Å²) in [6.45, 7) is 15.4. The number of hydrogen-bond donors (Lipinski definition) is 2. The summed E-state index contributed by atoms with van der Waals surface area (Å²) in [4.78, 5) is 11.6. The highest BCUT2D eigenvalue weighted by molar-refractivity contribution is 14.0. The van der Waals surface area contributed by atoms with Crippen LogP contribution >= 0.6 is 35.3 Å². The standard InChI is InChI=1S/C22H39N5OS.HI/c1-4-23-22(24-16-19(18(2)3)27-11-13-28-14-12-27)25-17-20(21-8-7-15-29-21)26-9-5-6-10-26;/h7-8,15,18-20H,4-6,9-14,16-17H2,1-3H3,(H2,23,24,25);1H. The molecule has 0 amide bonds. The highest BCUT2D eigenvalue weighted by Gasteiger charge is 2.25. The number of nitrogens with zero attached hydrogens (tertiary/aromatic N) is 3. The highest BCUT2D eigenvalue weighted by Crippen LogP contribution is 2.27. The quantitative estimate of drug-likeness (QED) is 0.281. The van der Waals surface area contributed by atoms with Crippen LogP contribution in [0, 0.1) is 5.92 Å². The zero-order valence-electron chi connectivity index (χ0n) is 18.8. The smallest absolute Gasteiger partial charge is 0.191 e. The topological polar surface area (TPSA) is 52.1 Å². The normalized spacial score (nSPS) is 20.7. The molecule has 6 nitrogen and oxygen atoms in total. The molecule has 0 radical (unpaired) electrons. The van der Waals surface area contributed by atoms with Gasteiger partial charge in [-0.1, -0.05) is 19.9 Å². The molecule has 8 heteroatoms. The monoisotopic (exact) mass is 549 g/mol. The first kappa shape index (κ1) is 25.8. The van der Waals surface area contributed by atoms with E-state index < -0.39 is 0 Å². The third-order valence-corrected chi connectivity index (χ3v) is 6.95. The number of rotatable bonds is 9. The number of morpholine rings is 1. The number of hydrogen-bond acceptors (Lipinski definition) is 5. The molecule has 2 N–H and O–H groups in total. The van der Waals surface area contributed by atoms with Crippen LogP contribution in [0.1, 0.15) is 44.5 Å². The summed E-state index contributed by atoms with van der Waals surface area (Å²) >= 11 is 1.86. The van der Waals surface area contributed by atoms with Gasteiger partial charge in [0.05, 0.1) is 25.8 Å². The molecule has 2 aliphatic heterocycles. The van der Waals surface area contributed by atoms with E-state index in [0.717, 1.165) is 51.9 Å². The van der Waals surface area contributed by atoms with E-state index in [1.54, 1.807) is 0 Å². The maximum Gasteiger partial charge on any atom is 0.191 e. The first-order valence-electron chi connectivity index (χ1n) is 11.3.